The first-order valence-corrected chi connectivity index (χ1v) is 9.08. The highest BCUT2D eigenvalue weighted by molar-refractivity contribution is 6.08. The van der Waals surface area contributed by atoms with Gasteiger partial charge in [-0.3, -0.25) is 14.5 Å². The van der Waals surface area contributed by atoms with Gasteiger partial charge in [0.2, 0.25) is 5.82 Å². The smallest absolute Gasteiger partial charge is 0.326 e. The first-order valence-electron chi connectivity index (χ1n) is 9.08. The van der Waals surface area contributed by atoms with Gasteiger partial charge in [-0.2, -0.15) is 4.98 Å². The molecule has 148 valence electrons. The molecule has 0 aliphatic carbocycles. The molecule has 0 saturated carbocycles. The third kappa shape index (κ3) is 3.60. The van der Waals surface area contributed by atoms with Crippen molar-refractivity contribution in [2.24, 2.45) is 0 Å². The number of hydrogen-bond acceptors (Lipinski definition) is 7. The van der Waals surface area contributed by atoms with Gasteiger partial charge >= 0.3 is 12.0 Å². The van der Waals surface area contributed by atoms with Gasteiger partial charge in [0.25, 0.3) is 11.8 Å². The van der Waals surface area contributed by atoms with Crippen molar-refractivity contribution in [1.29, 1.82) is 0 Å². The Balaban J connectivity index is 1.59. The zero-order chi connectivity index (χ0) is 20.3. The molecule has 3 rings (SSSR count). The third-order valence-electron chi connectivity index (χ3n) is 4.95. The molecular weight excluding hydrogens is 364 g/mol. The SMILES string of the molecule is CCC1(CC)NC(=O)N(CC(=O)OCc2nc(-c3ccccc3C)no2)C1=O. The summed E-state index contributed by atoms with van der Waals surface area (Å²) < 4.78 is 10.2. The molecule has 0 spiro atoms. The molecule has 0 bridgehead atoms. The van der Waals surface area contributed by atoms with E-state index in [0.717, 1.165) is 16.0 Å². The molecule has 3 amide bonds. The van der Waals surface area contributed by atoms with Crippen LogP contribution in [0, 0.1) is 6.92 Å². The topological polar surface area (TPSA) is 115 Å². The van der Waals surface area contributed by atoms with Gasteiger partial charge in [0.1, 0.15) is 12.1 Å². The second-order valence-corrected chi connectivity index (χ2v) is 6.60. The second kappa shape index (κ2) is 7.79. The Morgan fingerprint density at radius 2 is 1.96 bits per heavy atom. The van der Waals surface area contributed by atoms with E-state index in [1.165, 1.54) is 0 Å². The van der Waals surface area contributed by atoms with E-state index in [-0.39, 0.29) is 12.5 Å². The molecule has 0 radical (unpaired) electrons. The number of aryl methyl sites for hydroxylation is 1. The van der Waals surface area contributed by atoms with E-state index in [1.807, 2.05) is 45.0 Å². The van der Waals surface area contributed by atoms with Crippen molar-refractivity contribution in [3.05, 3.63) is 35.7 Å². The second-order valence-electron chi connectivity index (χ2n) is 6.60. The molecule has 9 heteroatoms. The number of carbonyl (C=O) groups is 3. The predicted octanol–water partition coefficient (Wildman–Crippen LogP) is 2.20. The lowest BCUT2D eigenvalue weighted by Crippen LogP contribution is -2.46. The van der Waals surface area contributed by atoms with Crippen LogP contribution in [-0.2, 0) is 20.9 Å². The number of carbonyl (C=O) groups excluding carboxylic acids is 3. The summed E-state index contributed by atoms with van der Waals surface area (Å²) in [7, 11) is 0. The standard InChI is InChI=1S/C19H22N4O5/c1-4-19(5-2)17(25)23(18(26)21-19)10-15(24)27-11-14-20-16(22-28-14)13-9-7-6-8-12(13)3/h6-9H,4-5,10-11H2,1-3H3,(H,21,26). The molecule has 2 aromatic rings. The minimum absolute atomic E-state index is 0.125. The van der Waals surface area contributed by atoms with Crippen molar-refractivity contribution in [2.45, 2.75) is 45.8 Å². The predicted molar refractivity (Wildman–Crippen MR) is 97.8 cm³/mol. The number of amides is 3. The Hall–Kier alpha value is -3.23. The Kier molecular flexibility index (Phi) is 5.43. The van der Waals surface area contributed by atoms with Gasteiger partial charge in [-0.15, -0.1) is 0 Å². The maximum atomic E-state index is 12.5. The van der Waals surface area contributed by atoms with Crippen molar-refractivity contribution < 1.29 is 23.6 Å². The largest absolute Gasteiger partial charge is 0.454 e. The van der Waals surface area contributed by atoms with Gasteiger partial charge in [0.05, 0.1) is 0 Å². The Morgan fingerprint density at radius 1 is 1.25 bits per heavy atom. The van der Waals surface area contributed by atoms with Gasteiger partial charge in [-0.1, -0.05) is 43.3 Å². The summed E-state index contributed by atoms with van der Waals surface area (Å²) in [6.45, 7) is 4.84. The zero-order valence-electron chi connectivity index (χ0n) is 16.0. The number of ether oxygens (including phenoxy) is 1. The summed E-state index contributed by atoms with van der Waals surface area (Å²) in [5, 5.41) is 6.55. The van der Waals surface area contributed by atoms with E-state index in [4.69, 9.17) is 9.26 Å². The van der Waals surface area contributed by atoms with Gasteiger partial charge in [-0.25, -0.2) is 4.79 Å². The molecule has 1 aromatic carbocycles. The van der Waals surface area contributed by atoms with Crippen molar-refractivity contribution in [3.8, 4) is 11.4 Å². The molecule has 0 unspecified atom stereocenters. The molecule has 1 saturated heterocycles. The fourth-order valence-electron chi connectivity index (χ4n) is 3.11. The van der Waals surface area contributed by atoms with Crippen LogP contribution in [0.1, 0.15) is 38.1 Å². The number of benzene rings is 1. The molecule has 0 atom stereocenters. The van der Waals surface area contributed by atoms with Crippen molar-refractivity contribution in [2.75, 3.05) is 6.54 Å². The number of aromatic nitrogens is 2. The number of hydrogen-bond donors (Lipinski definition) is 1. The molecule has 1 aromatic heterocycles. The summed E-state index contributed by atoms with van der Waals surface area (Å²) >= 11 is 0. The molecule has 1 N–H and O–H groups in total. The van der Waals surface area contributed by atoms with Gasteiger partial charge in [-0.05, 0) is 25.3 Å². The van der Waals surface area contributed by atoms with Crippen LogP contribution in [0.25, 0.3) is 11.4 Å². The number of rotatable bonds is 7. The monoisotopic (exact) mass is 386 g/mol. The highest BCUT2D eigenvalue weighted by atomic mass is 16.6. The maximum absolute atomic E-state index is 12.5. The molecule has 1 aliphatic heterocycles. The summed E-state index contributed by atoms with van der Waals surface area (Å²) in [6.07, 6.45) is 0.895. The zero-order valence-corrected chi connectivity index (χ0v) is 16.0. The number of imide groups is 1. The van der Waals surface area contributed by atoms with E-state index >= 15 is 0 Å². The average molecular weight is 386 g/mol. The van der Waals surface area contributed by atoms with Crippen LogP contribution < -0.4 is 5.32 Å². The summed E-state index contributed by atoms with van der Waals surface area (Å²) in [6, 6.07) is 6.97. The highest BCUT2D eigenvalue weighted by Crippen LogP contribution is 2.25. The minimum Gasteiger partial charge on any atom is -0.454 e. The molecule has 2 heterocycles. The molecule has 1 fully saturated rings. The molecule has 1 aliphatic rings. The van der Waals surface area contributed by atoms with Crippen molar-refractivity contribution in [3.63, 3.8) is 0 Å². The van der Waals surface area contributed by atoms with Crippen molar-refractivity contribution >= 4 is 17.9 Å². The van der Waals surface area contributed by atoms with Crippen LogP contribution >= 0.6 is 0 Å². The van der Waals surface area contributed by atoms with Crippen LogP contribution in [0.4, 0.5) is 4.79 Å². The quantitative estimate of drug-likeness (QED) is 0.573. The van der Waals surface area contributed by atoms with E-state index in [0.29, 0.717) is 18.7 Å². The lowest BCUT2D eigenvalue weighted by Gasteiger charge is -2.22. The lowest BCUT2D eigenvalue weighted by atomic mass is 9.93. The first kappa shape index (κ1) is 19.5. The van der Waals surface area contributed by atoms with E-state index < -0.39 is 30.0 Å². The molecular formula is C19H22N4O5. The van der Waals surface area contributed by atoms with Crippen molar-refractivity contribution in [1.82, 2.24) is 20.4 Å². The average Bonchev–Trinajstić information content (AvgIpc) is 3.25. The first-order chi connectivity index (χ1) is 13.4. The Morgan fingerprint density at radius 3 is 2.61 bits per heavy atom. The number of nitrogens with one attached hydrogen (secondary N) is 1. The lowest BCUT2D eigenvalue weighted by molar-refractivity contribution is -0.149. The number of urea groups is 1. The minimum atomic E-state index is -0.952. The van der Waals surface area contributed by atoms with Crippen LogP contribution in [0.5, 0.6) is 0 Å². The van der Waals surface area contributed by atoms with E-state index in [9.17, 15) is 14.4 Å². The highest BCUT2D eigenvalue weighted by Gasteiger charge is 2.49. The van der Waals surface area contributed by atoms with Gasteiger partial charge in [0.15, 0.2) is 6.61 Å². The fraction of sp³-hybridized carbons (Fsp3) is 0.421. The van der Waals surface area contributed by atoms with Crippen LogP contribution in [-0.4, -0.2) is 45.0 Å². The van der Waals surface area contributed by atoms with Crippen LogP contribution in [0.3, 0.4) is 0 Å². The molecule has 9 nitrogen and oxygen atoms in total. The maximum Gasteiger partial charge on any atom is 0.326 e. The Labute approximate surface area is 162 Å². The summed E-state index contributed by atoms with van der Waals surface area (Å²) in [4.78, 5) is 41.7. The van der Waals surface area contributed by atoms with E-state index in [1.54, 1.807) is 0 Å². The van der Waals surface area contributed by atoms with Crippen LogP contribution in [0.15, 0.2) is 28.8 Å². The van der Waals surface area contributed by atoms with Gasteiger partial charge < -0.3 is 14.6 Å². The van der Waals surface area contributed by atoms with E-state index in [2.05, 4.69) is 15.5 Å². The summed E-state index contributed by atoms with van der Waals surface area (Å²) in [5.74, 6) is -0.629. The number of nitrogens with zero attached hydrogens (tertiary/aromatic N) is 3. The third-order valence-corrected chi connectivity index (χ3v) is 4.95. The van der Waals surface area contributed by atoms with Crippen LogP contribution in [0.2, 0.25) is 0 Å². The molecule has 28 heavy (non-hydrogen) atoms. The summed E-state index contributed by atoms with van der Waals surface area (Å²) in [5.41, 5.74) is 0.853. The number of esters is 1. The Bertz CT molecular complexity index is 903. The van der Waals surface area contributed by atoms with Gasteiger partial charge in [0, 0.05) is 5.56 Å². The normalized spacial score (nSPS) is 15.6. The fourth-order valence-corrected chi connectivity index (χ4v) is 3.11.